The lowest BCUT2D eigenvalue weighted by Crippen LogP contribution is -2.27. The van der Waals surface area contributed by atoms with Crippen molar-refractivity contribution in [3.05, 3.63) is 60.2 Å². The zero-order valence-corrected chi connectivity index (χ0v) is 12.2. The van der Waals surface area contributed by atoms with Crippen LogP contribution < -0.4 is 10.6 Å². The lowest BCUT2D eigenvalue weighted by molar-refractivity contribution is -0.122. The van der Waals surface area contributed by atoms with Crippen LogP contribution in [0.15, 0.2) is 54.6 Å². The average molecular weight is 294 g/mol. The monoisotopic (exact) mass is 294 g/mol. The number of hydrogen-bond donors (Lipinski definition) is 2. The number of nitrogens with one attached hydrogen (secondary N) is 2. The van der Waals surface area contributed by atoms with Crippen LogP contribution in [0.5, 0.6) is 0 Å². The smallest absolute Gasteiger partial charge is 0.255 e. The van der Waals surface area contributed by atoms with Gasteiger partial charge in [0.05, 0.1) is 0 Å². The summed E-state index contributed by atoms with van der Waals surface area (Å²) in [5, 5.41) is 5.74. The van der Waals surface area contributed by atoms with Crippen molar-refractivity contribution in [2.75, 3.05) is 10.6 Å². The molecule has 112 valence electrons. The molecule has 2 N–H and O–H groups in total. The summed E-state index contributed by atoms with van der Waals surface area (Å²) in [5.74, 6) is 0.108. The maximum absolute atomic E-state index is 12.0. The highest BCUT2D eigenvalue weighted by molar-refractivity contribution is 6.04. The van der Waals surface area contributed by atoms with Crippen molar-refractivity contribution >= 4 is 23.2 Å². The molecule has 2 aromatic rings. The summed E-state index contributed by atoms with van der Waals surface area (Å²) in [6, 6.07) is 16.2. The van der Waals surface area contributed by atoms with E-state index in [-0.39, 0.29) is 17.7 Å². The Labute approximate surface area is 129 Å². The number of carbonyl (C=O) groups is 2. The summed E-state index contributed by atoms with van der Waals surface area (Å²) in [4.78, 5) is 23.9. The maximum Gasteiger partial charge on any atom is 0.255 e. The predicted octanol–water partition coefficient (Wildman–Crippen LogP) is 3.68. The predicted molar refractivity (Wildman–Crippen MR) is 86.8 cm³/mol. The Morgan fingerprint density at radius 2 is 1.41 bits per heavy atom. The molecule has 0 heterocycles. The molecular weight excluding hydrogens is 276 g/mol. The standard InChI is InChI=1S/C18H18N2O2/c21-17(13-5-2-1-3-6-13)19-15-9-11-16(12-10-15)20-18(22)14-7-4-8-14/h1-3,5-6,9-12,14H,4,7-8H2,(H,19,21)(H,20,22). The molecule has 1 aliphatic carbocycles. The number of anilines is 2. The summed E-state index contributed by atoms with van der Waals surface area (Å²) in [6.07, 6.45) is 3.11. The first-order valence-electron chi connectivity index (χ1n) is 7.50. The van der Waals surface area contributed by atoms with Gasteiger partial charge in [-0.15, -0.1) is 0 Å². The SMILES string of the molecule is O=C(Nc1ccc(NC(=O)C2CCC2)cc1)c1ccccc1. The van der Waals surface area contributed by atoms with Gasteiger partial charge in [0.2, 0.25) is 5.91 Å². The second kappa shape index (κ2) is 6.43. The lowest BCUT2D eigenvalue weighted by atomic mass is 9.85. The van der Waals surface area contributed by atoms with Crippen molar-refractivity contribution in [3.8, 4) is 0 Å². The molecule has 1 saturated carbocycles. The molecule has 0 saturated heterocycles. The minimum atomic E-state index is -0.146. The number of hydrogen-bond acceptors (Lipinski definition) is 2. The highest BCUT2D eigenvalue weighted by Gasteiger charge is 2.24. The van der Waals surface area contributed by atoms with Crippen LogP contribution in [0.1, 0.15) is 29.6 Å². The van der Waals surface area contributed by atoms with Crippen LogP contribution >= 0.6 is 0 Å². The Balaban J connectivity index is 1.59. The largest absolute Gasteiger partial charge is 0.326 e. The lowest BCUT2D eigenvalue weighted by Gasteiger charge is -2.24. The van der Waals surface area contributed by atoms with Gasteiger partial charge in [-0.05, 0) is 49.2 Å². The first-order chi connectivity index (χ1) is 10.7. The van der Waals surface area contributed by atoms with Crippen LogP contribution in [0.3, 0.4) is 0 Å². The van der Waals surface area contributed by atoms with Crippen LogP contribution in [-0.4, -0.2) is 11.8 Å². The molecule has 2 aromatic carbocycles. The van der Waals surface area contributed by atoms with Gasteiger partial charge >= 0.3 is 0 Å². The minimum Gasteiger partial charge on any atom is -0.326 e. The van der Waals surface area contributed by atoms with Gasteiger partial charge in [0.25, 0.3) is 5.91 Å². The summed E-state index contributed by atoms with van der Waals surface area (Å²) < 4.78 is 0. The molecule has 1 fully saturated rings. The van der Waals surface area contributed by atoms with E-state index in [4.69, 9.17) is 0 Å². The van der Waals surface area contributed by atoms with Gasteiger partial charge in [0, 0.05) is 22.9 Å². The van der Waals surface area contributed by atoms with E-state index < -0.39 is 0 Å². The Hall–Kier alpha value is -2.62. The van der Waals surface area contributed by atoms with Gasteiger partial charge in [-0.1, -0.05) is 24.6 Å². The van der Waals surface area contributed by atoms with E-state index in [1.54, 1.807) is 36.4 Å². The number of benzene rings is 2. The first-order valence-corrected chi connectivity index (χ1v) is 7.50. The molecule has 0 aromatic heterocycles. The van der Waals surface area contributed by atoms with Crippen molar-refractivity contribution in [2.45, 2.75) is 19.3 Å². The second-order valence-corrected chi connectivity index (χ2v) is 5.51. The van der Waals surface area contributed by atoms with E-state index >= 15 is 0 Å². The zero-order chi connectivity index (χ0) is 15.4. The van der Waals surface area contributed by atoms with Crippen molar-refractivity contribution in [3.63, 3.8) is 0 Å². The number of amides is 2. The van der Waals surface area contributed by atoms with Crippen LogP contribution in [-0.2, 0) is 4.79 Å². The summed E-state index contributed by atoms with van der Waals surface area (Å²) >= 11 is 0. The first kappa shape index (κ1) is 14.3. The third kappa shape index (κ3) is 3.34. The van der Waals surface area contributed by atoms with Gasteiger partial charge in [-0.25, -0.2) is 0 Å². The molecule has 0 aliphatic heterocycles. The minimum absolute atomic E-state index is 0.0901. The van der Waals surface area contributed by atoms with Crippen LogP contribution in [0.25, 0.3) is 0 Å². The van der Waals surface area contributed by atoms with E-state index in [1.807, 2.05) is 18.2 Å². The molecule has 3 rings (SSSR count). The molecule has 4 nitrogen and oxygen atoms in total. The molecule has 0 bridgehead atoms. The second-order valence-electron chi connectivity index (χ2n) is 5.51. The van der Waals surface area contributed by atoms with E-state index in [0.29, 0.717) is 11.3 Å². The van der Waals surface area contributed by atoms with E-state index in [2.05, 4.69) is 10.6 Å². The molecule has 0 atom stereocenters. The third-order valence-corrected chi connectivity index (χ3v) is 3.92. The maximum atomic E-state index is 12.0. The van der Waals surface area contributed by atoms with E-state index in [9.17, 15) is 9.59 Å². The van der Waals surface area contributed by atoms with Gasteiger partial charge in [0.15, 0.2) is 0 Å². The highest BCUT2D eigenvalue weighted by atomic mass is 16.2. The fourth-order valence-electron chi connectivity index (χ4n) is 2.34. The van der Waals surface area contributed by atoms with Crippen molar-refractivity contribution < 1.29 is 9.59 Å². The summed E-state index contributed by atoms with van der Waals surface area (Å²) in [5.41, 5.74) is 2.08. The average Bonchev–Trinajstić information content (AvgIpc) is 2.48. The normalized spacial score (nSPS) is 14.0. The van der Waals surface area contributed by atoms with Crippen molar-refractivity contribution in [1.82, 2.24) is 0 Å². The molecule has 22 heavy (non-hydrogen) atoms. The van der Waals surface area contributed by atoms with Gasteiger partial charge in [-0.3, -0.25) is 9.59 Å². The van der Waals surface area contributed by atoms with Gasteiger partial charge < -0.3 is 10.6 Å². The Morgan fingerprint density at radius 3 is 1.95 bits per heavy atom. The summed E-state index contributed by atoms with van der Waals surface area (Å²) in [7, 11) is 0. The molecule has 0 radical (unpaired) electrons. The Bertz CT molecular complexity index is 661. The van der Waals surface area contributed by atoms with E-state index in [0.717, 1.165) is 24.9 Å². The van der Waals surface area contributed by atoms with Crippen molar-refractivity contribution in [2.24, 2.45) is 5.92 Å². The van der Waals surface area contributed by atoms with Crippen LogP contribution in [0, 0.1) is 5.92 Å². The van der Waals surface area contributed by atoms with Crippen LogP contribution in [0.4, 0.5) is 11.4 Å². The Kier molecular flexibility index (Phi) is 4.19. The summed E-state index contributed by atoms with van der Waals surface area (Å²) in [6.45, 7) is 0. The Morgan fingerprint density at radius 1 is 0.818 bits per heavy atom. The van der Waals surface area contributed by atoms with Crippen LogP contribution in [0.2, 0.25) is 0 Å². The van der Waals surface area contributed by atoms with Gasteiger partial charge in [-0.2, -0.15) is 0 Å². The highest BCUT2D eigenvalue weighted by Crippen LogP contribution is 2.27. The molecule has 1 aliphatic rings. The molecule has 0 spiro atoms. The quantitative estimate of drug-likeness (QED) is 0.903. The van der Waals surface area contributed by atoms with E-state index in [1.165, 1.54) is 0 Å². The zero-order valence-electron chi connectivity index (χ0n) is 12.2. The number of carbonyl (C=O) groups excluding carboxylic acids is 2. The molecule has 2 amide bonds. The number of rotatable bonds is 4. The molecule has 4 heteroatoms. The molecular formula is C18H18N2O2. The van der Waals surface area contributed by atoms with Gasteiger partial charge in [0.1, 0.15) is 0 Å². The fraction of sp³-hybridized carbons (Fsp3) is 0.222. The fourth-order valence-corrected chi connectivity index (χ4v) is 2.34. The topological polar surface area (TPSA) is 58.2 Å². The molecule has 0 unspecified atom stereocenters. The van der Waals surface area contributed by atoms with Crippen molar-refractivity contribution in [1.29, 1.82) is 0 Å². The third-order valence-electron chi connectivity index (χ3n) is 3.92.